The van der Waals surface area contributed by atoms with E-state index in [0.29, 0.717) is 6.04 Å². The lowest BCUT2D eigenvalue weighted by Crippen LogP contribution is -2.54. The van der Waals surface area contributed by atoms with Crippen molar-refractivity contribution >= 4 is 5.97 Å². The van der Waals surface area contributed by atoms with Crippen molar-refractivity contribution in [3.8, 4) is 5.75 Å². The second-order valence-electron chi connectivity index (χ2n) is 5.11. The second-order valence-corrected chi connectivity index (χ2v) is 5.11. The molecule has 4 heteroatoms. The van der Waals surface area contributed by atoms with Crippen LogP contribution in [0.3, 0.4) is 0 Å². The zero-order valence-electron chi connectivity index (χ0n) is 10.8. The third-order valence-corrected chi connectivity index (χ3v) is 3.18. The predicted molar refractivity (Wildman–Crippen MR) is 68.9 cm³/mol. The maximum atomic E-state index is 11.3. The van der Waals surface area contributed by atoms with Gasteiger partial charge >= 0.3 is 5.97 Å². The van der Waals surface area contributed by atoms with E-state index in [1.165, 1.54) is 0 Å². The Morgan fingerprint density at radius 2 is 2.17 bits per heavy atom. The summed E-state index contributed by atoms with van der Waals surface area (Å²) in [6.07, 6.45) is 2.10. The topological polar surface area (TPSA) is 58.6 Å². The average molecular weight is 249 g/mol. The van der Waals surface area contributed by atoms with Crippen molar-refractivity contribution in [1.82, 2.24) is 5.32 Å². The number of nitrogens with one attached hydrogen (secondary N) is 1. The van der Waals surface area contributed by atoms with E-state index in [0.717, 1.165) is 24.2 Å². The van der Waals surface area contributed by atoms with Crippen molar-refractivity contribution in [3.63, 3.8) is 0 Å². The lowest BCUT2D eigenvalue weighted by molar-refractivity contribution is -0.145. The first-order chi connectivity index (χ1) is 8.51. The molecule has 2 rings (SSSR count). The van der Waals surface area contributed by atoms with Crippen molar-refractivity contribution < 1.29 is 14.6 Å². The summed E-state index contributed by atoms with van der Waals surface area (Å²) in [6.45, 7) is 3.75. The highest BCUT2D eigenvalue weighted by Crippen LogP contribution is 2.24. The molecular formula is C14H19NO3. The van der Waals surface area contributed by atoms with E-state index in [1.807, 2.05) is 31.2 Å². The van der Waals surface area contributed by atoms with Gasteiger partial charge in [-0.3, -0.25) is 10.1 Å². The van der Waals surface area contributed by atoms with Crippen LogP contribution in [0.25, 0.3) is 0 Å². The Labute approximate surface area is 107 Å². The van der Waals surface area contributed by atoms with Crippen molar-refractivity contribution in [1.29, 1.82) is 0 Å². The van der Waals surface area contributed by atoms with Gasteiger partial charge in [0, 0.05) is 6.04 Å². The summed E-state index contributed by atoms with van der Waals surface area (Å²) >= 11 is 0. The number of aliphatic carboxylic acids is 1. The first kappa shape index (κ1) is 12.9. The van der Waals surface area contributed by atoms with Gasteiger partial charge in [-0.25, -0.2) is 0 Å². The SMILES string of the molecule is Cc1ccccc1OCC(C)(NC1CC1)C(=O)O. The molecule has 0 bridgehead atoms. The van der Waals surface area contributed by atoms with Crippen LogP contribution in [0.2, 0.25) is 0 Å². The van der Waals surface area contributed by atoms with Crippen LogP contribution in [-0.2, 0) is 4.79 Å². The Hall–Kier alpha value is -1.55. The van der Waals surface area contributed by atoms with E-state index in [9.17, 15) is 9.90 Å². The highest BCUT2D eigenvalue weighted by atomic mass is 16.5. The van der Waals surface area contributed by atoms with Gasteiger partial charge in [0.25, 0.3) is 0 Å². The van der Waals surface area contributed by atoms with Gasteiger partial charge < -0.3 is 9.84 Å². The van der Waals surface area contributed by atoms with Gasteiger partial charge in [0.2, 0.25) is 0 Å². The van der Waals surface area contributed by atoms with Crippen LogP contribution in [-0.4, -0.2) is 29.3 Å². The highest BCUT2D eigenvalue weighted by Gasteiger charge is 2.39. The van der Waals surface area contributed by atoms with E-state index in [4.69, 9.17) is 4.74 Å². The molecule has 1 aliphatic rings. The summed E-state index contributed by atoms with van der Waals surface area (Å²) in [5.74, 6) is -0.134. The zero-order valence-corrected chi connectivity index (χ0v) is 10.8. The minimum absolute atomic E-state index is 0.129. The van der Waals surface area contributed by atoms with Crippen molar-refractivity contribution in [2.24, 2.45) is 0 Å². The van der Waals surface area contributed by atoms with Crippen LogP contribution < -0.4 is 10.1 Å². The molecule has 0 saturated heterocycles. The standard InChI is InChI=1S/C14H19NO3/c1-10-5-3-4-6-12(10)18-9-14(2,13(16)17)15-11-7-8-11/h3-6,11,15H,7-9H2,1-2H3,(H,16,17). The molecule has 1 aliphatic carbocycles. The first-order valence-corrected chi connectivity index (χ1v) is 6.21. The maximum Gasteiger partial charge on any atom is 0.327 e. The number of para-hydroxylation sites is 1. The smallest absolute Gasteiger partial charge is 0.327 e. The molecule has 1 aromatic carbocycles. The molecule has 0 aromatic heterocycles. The summed E-state index contributed by atoms with van der Waals surface area (Å²) in [5.41, 5.74) is -0.0136. The second kappa shape index (κ2) is 4.98. The van der Waals surface area contributed by atoms with Crippen LogP contribution in [0.1, 0.15) is 25.3 Å². The number of aryl methyl sites for hydroxylation is 1. The minimum Gasteiger partial charge on any atom is -0.491 e. The minimum atomic E-state index is -1.02. The van der Waals surface area contributed by atoms with Gasteiger partial charge in [0.15, 0.2) is 0 Å². The highest BCUT2D eigenvalue weighted by molar-refractivity contribution is 5.78. The number of carboxylic acid groups (broad SMARTS) is 1. The molecule has 1 atom stereocenters. The lowest BCUT2D eigenvalue weighted by atomic mass is 10.0. The van der Waals surface area contributed by atoms with Gasteiger partial charge in [-0.1, -0.05) is 18.2 Å². The quantitative estimate of drug-likeness (QED) is 0.809. The molecule has 0 spiro atoms. The molecule has 18 heavy (non-hydrogen) atoms. The van der Waals surface area contributed by atoms with Crippen molar-refractivity contribution in [3.05, 3.63) is 29.8 Å². The maximum absolute atomic E-state index is 11.3. The molecule has 98 valence electrons. The van der Waals surface area contributed by atoms with Gasteiger partial charge in [0.05, 0.1) is 0 Å². The Bertz CT molecular complexity index is 442. The number of benzene rings is 1. The summed E-state index contributed by atoms with van der Waals surface area (Å²) < 4.78 is 5.65. The number of hydrogen-bond acceptors (Lipinski definition) is 3. The first-order valence-electron chi connectivity index (χ1n) is 6.21. The van der Waals surface area contributed by atoms with E-state index in [-0.39, 0.29) is 6.61 Å². The van der Waals surface area contributed by atoms with Crippen LogP contribution in [0.15, 0.2) is 24.3 Å². The van der Waals surface area contributed by atoms with Crippen LogP contribution >= 0.6 is 0 Å². The van der Waals surface area contributed by atoms with E-state index >= 15 is 0 Å². The molecule has 4 nitrogen and oxygen atoms in total. The molecular weight excluding hydrogens is 230 g/mol. The Kier molecular flexibility index (Phi) is 3.57. The van der Waals surface area contributed by atoms with Gasteiger partial charge in [-0.2, -0.15) is 0 Å². The normalized spacial score (nSPS) is 18.1. The molecule has 0 heterocycles. The zero-order chi connectivity index (χ0) is 13.2. The molecule has 2 N–H and O–H groups in total. The number of carbonyl (C=O) groups is 1. The fourth-order valence-corrected chi connectivity index (χ4v) is 1.78. The monoisotopic (exact) mass is 249 g/mol. The largest absolute Gasteiger partial charge is 0.491 e. The third kappa shape index (κ3) is 3.01. The summed E-state index contributed by atoms with van der Waals surface area (Å²) in [7, 11) is 0. The summed E-state index contributed by atoms with van der Waals surface area (Å²) in [4.78, 5) is 11.3. The molecule has 1 saturated carbocycles. The van der Waals surface area contributed by atoms with Crippen LogP contribution in [0, 0.1) is 6.92 Å². The lowest BCUT2D eigenvalue weighted by Gasteiger charge is -2.26. The van der Waals surface area contributed by atoms with Crippen LogP contribution in [0.4, 0.5) is 0 Å². The molecule has 1 fully saturated rings. The molecule has 1 unspecified atom stereocenters. The molecule has 1 aromatic rings. The Morgan fingerprint density at radius 3 is 2.72 bits per heavy atom. The number of hydrogen-bond donors (Lipinski definition) is 2. The average Bonchev–Trinajstić information content (AvgIpc) is 3.11. The van der Waals surface area contributed by atoms with Crippen molar-refractivity contribution in [2.45, 2.75) is 38.3 Å². The fourth-order valence-electron chi connectivity index (χ4n) is 1.78. The van der Waals surface area contributed by atoms with Gasteiger partial charge in [0.1, 0.15) is 17.9 Å². The molecule has 0 radical (unpaired) electrons. The predicted octanol–water partition coefficient (Wildman–Crippen LogP) is 1.97. The van der Waals surface area contributed by atoms with Crippen molar-refractivity contribution in [2.75, 3.05) is 6.61 Å². The number of carboxylic acids is 1. The summed E-state index contributed by atoms with van der Waals surface area (Å²) in [5, 5.41) is 12.4. The van der Waals surface area contributed by atoms with E-state index in [1.54, 1.807) is 6.92 Å². The third-order valence-electron chi connectivity index (χ3n) is 3.18. The van der Waals surface area contributed by atoms with Gasteiger partial charge in [-0.15, -0.1) is 0 Å². The number of ether oxygens (including phenoxy) is 1. The Morgan fingerprint density at radius 1 is 1.50 bits per heavy atom. The van der Waals surface area contributed by atoms with Crippen LogP contribution in [0.5, 0.6) is 5.75 Å². The number of rotatable bonds is 6. The van der Waals surface area contributed by atoms with E-state index < -0.39 is 11.5 Å². The molecule has 0 aliphatic heterocycles. The van der Waals surface area contributed by atoms with E-state index in [2.05, 4.69) is 5.32 Å². The molecule has 0 amide bonds. The van der Waals surface area contributed by atoms with Gasteiger partial charge in [-0.05, 0) is 38.3 Å². The Balaban J connectivity index is 2.01. The summed E-state index contributed by atoms with van der Waals surface area (Å²) in [6, 6.07) is 7.94. The fraction of sp³-hybridized carbons (Fsp3) is 0.500.